The zero-order valence-corrected chi connectivity index (χ0v) is 17.6. The largest absolute Gasteiger partial charge is 0.454 e. The number of hydrogen-bond acceptors (Lipinski definition) is 10. The van der Waals surface area contributed by atoms with Crippen molar-refractivity contribution < 1.29 is 23.9 Å². The van der Waals surface area contributed by atoms with E-state index in [9.17, 15) is 14.9 Å². The molecule has 32 heavy (non-hydrogen) atoms. The first kappa shape index (κ1) is 21.4. The highest BCUT2D eigenvalue weighted by Crippen LogP contribution is 2.34. The lowest BCUT2D eigenvalue weighted by molar-refractivity contribution is -0.383. The Morgan fingerprint density at radius 2 is 2.00 bits per heavy atom. The third-order valence-corrected chi connectivity index (χ3v) is 5.26. The fourth-order valence-electron chi connectivity index (χ4n) is 3.64. The first-order valence-electron chi connectivity index (χ1n) is 10.3. The molecule has 2 N–H and O–H groups in total. The molecule has 4 rings (SSSR count). The molecule has 0 radical (unpaired) electrons. The molecule has 2 aliphatic heterocycles. The molecular formula is C20H24N6O6. The van der Waals surface area contributed by atoms with E-state index in [0.717, 1.165) is 5.56 Å². The van der Waals surface area contributed by atoms with Gasteiger partial charge in [-0.05, 0) is 37.5 Å². The molecule has 12 nitrogen and oxygen atoms in total. The molecule has 0 spiro atoms. The van der Waals surface area contributed by atoms with Crippen molar-refractivity contribution in [2.24, 2.45) is 0 Å². The second-order valence-corrected chi connectivity index (χ2v) is 7.32. The molecule has 1 amide bonds. The fourth-order valence-corrected chi connectivity index (χ4v) is 3.64. The van der Waals surface area contributed by atoms with Crippen LogP contribution in [0.15, 0.2) is 24.5 Å². The monoisotopic (exact) mass is 444 g/mol. The molecule has 1 aromatic heterocycles. The Bertz CT molecular complexity index is 995. The normalized spacial score (nSPS) is 15.3. The Labute approximate surface area is 184 Å². The number of carbonyl (C=O) groups is 1. The highest BCUT2D eigenvalue weighted by Gasteiger charge is 2.28. The van der Waals surface area contributed by atoms with Gasteiger partial charge in [-0.3, -0.25) is 10.1 Å². The molecule has 2 aromatic rings. The highest BCUT2D eigenvalue weighted by molar-refractivity contribution is 5.70. The summed E-state index contributed by atoms with van der Waals surface area (Å²) in [5.41, 5.74) is 0.643. The number of nitro groups is 1. The van der Waals surface area contributed by atoms with Gasteiger partial charge in [0, 0.05) is 25.7 Å². The number of carbonyl (C=O) groups excluding carboxylic acids is 1. The molecule has 0 atom stereocenters. The topological polar surface area (TPSA) is 141 Å². The maximum Gasteiger partial charge on any atom is 0.409 e. The van der Waals surface area contributed by atoms with E-state index in [0.29, 0.717) is 50.6 Å². The number of rotatable bonds is 7. The molecule has 1 saturated heterocycles. The molecule has 1 aromatic carbocycles. The van der Waals surface area contributed by atoms with Gasteiger partial charge in [-0.2, -0.15) is 0 Å². The lowest BCUT2D eigenvalue weighted by Crippen LogP contribution is -2.42. The lowest BCUT2D eigenvalue weighted by atomic mass is 10.1. The second kappa shape index (κ2) is 9.54. The summed E-state index contributed by atoms with van der Waals surface area (Å²) in [6.45, 7) is 3.59. The minimum absolute atomic E-state index is 0.0593. The van der Waals surface area contributed by atoms with Crippen LogP contribution in [0.4, 0.5) is 22.1 Å². The first-order chi connectivity index (χ1) is 15.5. The number of benzene rings is 1. The third kappa shape index (κ3) is 4.74. The summed E-state index contributed by atoms with van der Waals surface area (Å²) in [5.74, 6) is 1.57. The third-order valence-electron chi connectivity index (χ3n) is 5.26. The van der Waals surface area contributed by atoms with Gasteiger partial charge < -0.3 is 29.7 Å². The average Bonchev–Trinajstić information content (AvgIpc) is 3.26. The van der Waals surface area contributed by atoms with E-state index in [-0.39, 0.29) is 36.3 Å². The van der Waals surface area contributed by atoms with Crippen LogP contribution in [-0.2, 0) is 11.3 Å². The smallest absolute Gasteiger partial charge is 0.409 e. The minimum Gasteiger partial charge on any atom is -0.454 e. The molecule has 0 saturated carbocycles. The van der Waals surface area contributed by atoms with Gasteiger partial charge in [0.1, 0.15) is 6.33 Å². The van der Waals surface area contributed by atoms with Crippen molar-refractivity contribution in [1.82, 2.24) is 14.9 Å². The zero-order chi connectivity index (χ0) is 22.5. The number of likely N-dealkylation sites (tertiary alicyclic amines) is 1. The van der Waals surface area contributed by atoms with Gasteiger partial charge in [0.2, 0.25) is 18.4 Å². The van der Waals surface area contributed by atoms with Crippen molar-refractivity contribution in [2.75, 3.05) is 37.1 Å². The summed E-state index contributed by atoms with van der Waals surface area (Å²) in [7, 11) is 0. The van der Waals surface area contributed by atoms with Gasteiger partial charge in [-0.15, -0.1) is 0 Å². The predicted molar refractivity (Wildman–Crippen MR) is 114 cm³/mol. The van der Waals surface area contributed by atoms with Crippen LogP contribution in [0.25, 0.3) is 0 Å². The van der Waals surface area contributed by atoms with Crippen molar-refractivity contribution in [2.45, 2.75) is 32.4 Å². The number of anilines is 2. The lowest BCUT2D eigenvalue weighted by Gasteiger charge is -2.31. The van der Waals surface area contributed by atoms with Crippen LogP contribution in [-0.4, -0.2) is 58.4 Å². The van der Waals surface area contributed by atoms with Crippen molar-refractivity contribution in [1.29, 1.82) is 0 Å². The Morgan fingerprint density at radius 1 is 1.25 bits per heavy atom. The molecule has 3 heterocycles. The van der Waals surface area contributed by atoms with Gasteiger partial charge in [-0.25, -0.2) is 14.8 Å². The van der Waals surface area contributed by atoms with Gasteiger partial charge >= 0.3 is 11.8 Å². The number of nitrogens with zero attached hydrogens (tertiary/aromatic N) is 4. The van der Waals surface area contributed by atoms with Crippen molar-refractivity contribution in [3.8, 4) is 11.5 Å². The standard InChI is InChI=1S/C20H24N6O6/c1-2-30-20(27)25-7-5-14(6-8-25)24-19-17(26(28)29)18(22-11-23-19)21-10-13-3-4-15-16(9-13)32-12-31-15/h3-4,9,11,14H,2,5-8,10,12H2,1H3,(H2,21,22,23,24). The van der Waals surface area contributed by atoms with E-state index >= 15 is 0 Å². The highest BCUT2D eigenvalue weighted by atomic mass is 16.7. The molecule has 0 bridgehead atoms. The minimum atomic E-state index is -0.502. The SMILES string of the molecule is CCOC(=O)N1CCC(Nc2ncnc(NCc3ccc4c(c3)OCO4)c2[N+](=O)[O-])CC1. The van der Waals surface area contributed by atoms with Crippen LogP contribution in [0.3, 0.4) is 0 Å². The van der Waals surface area contributed by atoms with E-state index in [1.807, 2.05) is 12.1 Å². The quantitative estimate of drug-likeness (QED) is 0.484. The summed E-state index contributed by atoms with van der Waals surface area (Å²) in [5, 5.41) is 18.0. The molecule has 170 valence electrons. The van der Waals surface area contributed by atoms with E-state index in [1.165, 1.54) is 6.33 Å². The van der Waals surface area contributed by atoms with E-state index < -0.39 is 4.92 Å². The van der Waals surface area contributed by atoms with Crippen LogP contribution < -0.4 is 20.1 Å². The number of hydrogen-bond donors (Lipinski definition) is 2. The Hall–Kier alpha value is -3.83. The molecular weight excluding hydrogens is 420 g/mol. The van der Waals surface area contributed by atoms with Crippen LogP contribution in [0.1, 0.15) is 25.3 Å². The van der Waals surface area contributed by atoms with Crippen LogP contribution in [0.5, 0.6) is 11.5 Å². The van der Waals surface area contributed by atoms with E-state index in [4.69, 9.17) is 14.2 Å². The average molecular weight is 444 g/mol. The van der Waals surface area contributed by atoms with Crippen LogP contribution in [0.2, 0.25) is 0 Å². The number of fused-ring (bicyclic) bond motifs is 1. The van der Waals surface area contributed by atoms with Crippen molar-refractivity contribution in [3.63, 3.8) is 0 Å². The fraction of sp³-hybridized carbons (Fsp3) is 0.450. The summed E-state index contributed by atoms with van der Waals surface area (Å²) in [4.78, 5) is 32.9. The number of piperidine rings is 1. The van der Waals surface area contributed by atoms with Crippen LogP contribution >= 0.6 is 0 Å². The van der Waals surface area contributed by atoms with Gasteiger partial charge in [-0.1, -0.05) is 6.07 Å². The molecule has 0 aliphatic carbocycles. The summed E-state index contributed by atoms with van der Waals surface area (Å²) < 4.78 is 15.7. The summed E-state index contributed by atoms with van der Waals surface area (Å²) >= 11 is 0. The molecule has 0 unspecified atom stereocenters. The summed E-state index contributed by atoms with van der Waals surface area (Å²) in [6.07, 6.45) is 2.19. The maximum absolute atomic E-state index is 11.9. The number of ether oxygens (including phenoxy) is 3. The number of nitrogens with one attached hydrogen (secondary N) is 2. The van der Waals surface area contributed by atoms with Crippen molar-refractivity contribution >= 4 is 23.4 Å². The first-order valence-corrected chi connectivity index (χ1v) is 10.3. The number of aromatic nitrogens is 2. The zero-order valence-electron chi connectivity index (χ0n) is 17.6. The maximum atomic E-state index is 11.9. The van der Waals surface area contributed by atoms with E-state index in [2.05, 4.69) is 20.6 Å². The Balaban J connectivity index is 1.42. The van der Waals surface area contributed by atoms with Gasteiger partial charge in [0.15, 0.2) is 11.5 Å². The van der Waals surface area contributed by atoms with Crippen LogP contribution in [0, 0.1) is 10.1 Å². The molecule has 2 aliphatic rings. The number of amides is 1. The molecule has 1 fully saturated rings. The predicted octanol–water partition coefficient (Wildman–Crippen LogP) is 2.76. The second-order valence-electron chi connectivity index (χ2n) is 7.32. The Morgan fingerprint density at radius 3 is 2.75 bits per heavy atom. The van der Waals surface area contributed by atoms with Gasteiger partial charge in [0.05, 0.1) is 11.5 Å². The van der Waals surface area contributed by atoms with Crippen molar-refractivity contribution in [3.05, 3.63) is 40.2 Å². The van der Waals surface area contributed by atoms with Gasteiger partial charge in [0.25, 0.3) is 0 Å². The molecule has 12 heteroatoms. The summed E-state index contributed by atoms with van der Waals surface area (Å²) in [6, 6.07) is 5.41. The van der Waals surface area contributed by atoms with E-state index in [1.54, 1.807) is 17.9 Å². The Kier molecular flexibility index (Phi) is 6.38.